The van der Waals surface area contributed by atoms with Crippen LogP contribution in [0, 0.1) is 5.41 Å². The minimum atomic E-state index is -3.13. The van der Waals surface area contributed by atoms with Crippen LogP contribution < -0.4 is 15.4 Å². The second kappa shape index (κ2) is 12.3. The first kappa shape index (κ1) is 23.9. The number of guanidine groups is 1. The lowest BCUT2D eigenvalue weighted by Gasteiger charge is -2.30. The average Bonchev–Trinajstić information content (AvgIpc) is 3.01. The van der Waals surface area contributed by atoms with Crippen LogP contribution in [0.25, 0.3) is 0 Å². The molecule has 3 N–H and O–H groups in total. The summed E-state index contributed by atoms with van der Waals surface area (Å²) < 4.78 is 30.5. The second-order valence-electron chi connectivity index (χ2n) is 6.10. The minimum Gasteiger partial charge on any atom is -0.385 e. The van der Waals surface area contributed by atoms with Crippen LogP contribution >= 0.6 is 24.0 Å². The molecule has 1 rings (SSSR count). The predicted molar refractivity (Wildman–Crippen MR) is 110 cm³/mol. The number of ether oxygens (including phenoxy) is 1. The van der Waals surface area contributed by atoms with Crippen molar-refractivity contribution in [2.75, 3.05) is 46.2 Å². The van der Waals surface area contributed by atoms with E-state index in [0.29, 0.717) is 19.0 Å². The Balaban J connectivity index is 0.00000529. The van der Waals surface area contributed by atoms with Crippen molar-refractivity contribution >= 4 is 40.0 Å². The first-order chi connectivity index (χ1) is 11.0. The van der Waals surface area contributed by atoms with Crippen molar-refractivity contribution in [2.45, 2.75) is 39.0 Å². The molecule has 7 nitrogen and oxygen atoms in total. The van der Waals surface area contributed by atoms with Crippen LogP contribution in [0.5, 0.6) is 0 Å². The maximum Gasteiger partial charge on any atom is 0.211 e. The van der Waals surface area contributed by atoms with Gasteiger partial charge in [-0.2, -0.15) is 0 Å². The molecule has 0 bridgehead atoms. The summed E-state index contributed by atoms with van der Waals surface area (Å²) in [6, 6.07) is 0. The molecule has 0 saturated heterocycles. The topological polar surface area (TPSA) is 91.8 Å². The summed E-state index contributed by atoms with van der Waals surface area (Å²) in [6.45, 7) is 4.14. The Hall–Kier alpha value is -0.130. The highest BCUT2D eigenvalue weighted by atomic mass is 127. The van der Waals surface area contributed by atoms with Gasteiger partial charge in [-0.15, -0.1) is 24.0 Å². The zero-order valence-corrected chi connectivity index (χ0v) is 18.2. The van der Waals surface area contributed by atoms with Gasteiger partial charge in [0.05, 0.1) is 5.75 Å². The van der Waals surface area contributed by atoms with E-state index in [0.717, 1.165) is 19.6 Å². The number of sulfonamides is 1. The van der Waals surface area contributed by atoms with Crippen LogP contribution in [0.4, 0.5) is 0 Å². The largest absolute Gasteiger partial charge is 0.385 e. The van der Waals surface area contributed by atoms with Gasteiger partial charge < -0.3 is 15.4 Å². The van der Waals surface area contributed by atoms with Gasteiger partial charge >= 0.3 is 0 Å². The highest BCUT2D eigenvalue weighted by Gasteiger charge is 2.33. The Morgan fingerprint density at radius 3 is 2.42 bits per heavy atom. The van der Waals surface area contributed by atoms with Gasteiger partial charge in [0.2, 0.25) is 10.0 Å². The smallest absolute Gasteiger partial charge is 0.211 e. The molecule has 0 aliphatic heterocycles. The number of nitrogens with one attached hydrogen (secondary N) is 3. The van der Waals surface area contributed by atoms with E-state index in [-0.39, 0.29) is 35.1 Å². The van der Waals surface area contributed by atoms with Crippen molar-refractivity contribution in [3.63, 3.8) is 0 Å². The minimum absolute atomic E-state index is 0. The average molecular weight is 476 g/mol. The van der Waals surface area contributed by atoms with E-state index < -0.39 is 10.0 Å². The maximum absolute atomic E-state index is 11.4. The number of methoxy groups -OCH3 is 1. The fraction of sp³-hybridized carbons (Fsp3) is 0.933. The van der Waals surface area contributed by atoms with E-state index >= 15 is 0 Å². The first-order valence-electron chi connectivity index (χ1n) is 8.38. The number of halogens is 1. The third kappa shape index (κ3) is 8.82. The van der Waals surface area contributed by atoms with Crippen molar-refractivity contribution in [3.05, 3.63) is 0 Å². The van der Waals surface area contributed by atoms with E-state index in [9.17, 15) is 8.42 Å². The number of nitrogens with zero attached hydrogens (tertiary/aromatic N) is 1. The van der Waals surface area contributed by atoms with Gasteiger partial charge in [-0.3, -0.25) is 4.99 Å². The highest BCUT2D eigenvalue weighted by Crippen LogP contribution is 2.40. The van der Waals surface area contributed by atoms with Crippen molar-refractivity contribution in [1.82, 2.24) is 15.4 Å². The summed E-state index contributed by atoms with van der Waals surface area (Å²) in [7, 11) is 0.334. The van der Waals surface area contributed by atoms with Crippen LogP contribution in [-0.4, -0.2) is 60.5 Å². The number of rotatable bonds is 10. The predicted octanol–water partition coefficient (Wildman–Crippen LogP) is 1.31. The van der Waals surface area contributed by atoms with Crippen LogP contribution in [0.15, 0.2) is 4.99 Å². The molecule has 0 aromatic rings. The molecule has 0 amide bonds. The molecular formula is C15H33IN4O3S. The third-order valence-electron chi connectivity index (χ3n) is 4.47. The molecule has 0 spiro atoms. The molecule has 0 heterocycles. The van der Waals surface area contributed by atoms with Gasteiger partial charge in [0.25, 0.3) is 0 Å². The molecule has 1 saturated carbocycles. The third-order valence-corrected chi connectivity index (χ3v) is 5.88. The van der Waals surface area contributed by atoms with Gasteiger partial charge in [-0.05, 0) is 31.6 Å². The Labute approximate surface area is 163 Å². The van der Waals surface area contributed by atoms with Gasteiger partial charge in [-0.25, -0.2) is 13.1 Å². The first-order valence-corrected chi connectivity index (χ1v) is 10.0. The van der Waals surface area contributed by atoms with E-state index in [1.165, 1.54) is 25.7 Å². The molecule has 1 aliphatic carbocycles. The van der Waals surface area contributed by atoms with Gasteiger partial charge in [-0.1, -0.05) is 12.8 Å². The van der Waals surface area contributed by atoms with Crippen LogP contribution in [0.1, 0.15) is 39.0 Å². The summed E-state index contributed by atoms with van der Waals surface area (Å²) in [5.74, 6) is 0.812. The van der Waals surface area contributed by atoms with Crippen molar-refractivity contribution in [2.24, 2.45) is 10.4 Å². The Morgan fingerprint density at radius 2 is 1.88 bits per heavy atom. The Kier molecular flexibility index (Phi) is 12.2. The molecule has 0 atom stereocenters. The van der Waals surface area contributed by atoms with E-state index in [1.807, 2.05) is 0 Å². The van der Waals surface area contributed by atoms with E-state index in [4.69, 9.17) is 4.74 Å². The molecule has 1 fully saturated rings. The SMILES string of the molecule is CCS(=O)(=O)NCCNC(=NC)NCC1(CCOC)CCCC1.I. The van der Waals surface area contributed by atoms with Crippen molar-refractivity contribution in [1.29, 1.82) is 0 Å². The molecule has 1 aliphatic rings. The quantitative estimate of drug-likeness (QED) is 0.191. The van der Waals surface area contributed by atoms with E-state index in [2.05, 4.69) is 20.3 Å². The zero-order valence-electron chi connectivity index (χ0n) is 15.1. The highest BCUT2D eigenvalue weighted by molar-refractivity contribution is 14.0. The number of hydrogen-bond donors (Lipinski definition) is 3. The maximum atomic E-state index is 11.4. The standard InChI is InChI=1S/C15H32N4O3S.HI/c1-4-23(20,21)19-11-10-17-14(16-2)18-13-15(9-12-22-3)7-5-6-8-15;/h19H,4-13H2,1-3H3,(H2,16,17,18);1H. The lowest BCUT2D eigenvalue weighted by Crippen LogP contribution is -2.45. The fourth-order valence-corrected chi connectivity index (χ4v) is 3.56. The molecule has 0 aromatic heterocycles. The lowest BCUT2D eigenvalue weighted by molar-refractivity contribution is 0.138. The Morgan fingerprint density at radius 1 is 1.21 bits per heavy atom. The lowest BCUT2D eigenvalue weighted by atomic mass is 9.83. The summed E-state index contributed by atoms with van der Waals surface area (Å²) in [4.78, 5) is 4.20. The molecule has 0 radical (unpaired) electrons. The normalized spacial score (nSPS) is 17.4. The van der Waals surface area contributed by atoms with Crippen LogP contribution in [0.3, 0.4) is 0 Å². The van der Waals surface area contributed by atoms with Gasteiger partial charge in [0, 0.05) is 40.4 Å². The van der Waals surface area contributed by atoms with Gasteiger partial charge in [0.1, 0.15) is 0 Å². The summed E-state index contributed by atoms with van der Waals surface area (Å²) in [5, 5.41) is 6.52. The zero-order chi connectivity index (χ0) is 17.2. The van der Waals surface area contributed by atoms with Gasteiger partial charge in [0.15, 0.2) is 5.96 Å². The molecule has 0 unspecified atom stereocenters. The second-order valence-corrected chi connectivity index (χ2v) is 8.20. The monoisotopic (exact) mass is 476 g/mol. The molecule has 9 heteroatoms. The fourth-order valence-electron chi connectivity index (χ4n) is 2.94. The molecular weight excluding hydrogens is 443 g/mol. The van der Waals surface area contributed by atoms with E-state index in [1.54, 1.807) is 21.1 Å². The summed E-state index contributed by atoms with van der Waals surface area (Å²) >= 11 is 0. The number of hydrogen-bond acceptors (Lipinski definition) is 4. The molecule has 0 aromatic carbocycles. The van der Waals surface area contributed by atoms with Crippen LogP contribution in [-0.2, 0) is 14.8 Å². The van der Waals surface area contributed by atoms with Crippen molar-refractivity contribution in [3.8, 4) is 0 Å². The number of aliphatic imine (C=N–C) groups is 1. The van der Waals surface area contributed by atoms with Crippen LogP contribution in [0.2, 0.25) is 0 Å². The van der Waals surface area contributed by atoms with Crippen molar-refractivity contribution < 1.29 is 13.2 Å². The molecule has 24 heavy (non-hydrogen) atoms. The summed E-state index contributed by atoms with van der Waals surface area (Å²) in [6.07, 6.45) is 6.05. The summed E-state index contributed by atoms with van der Waals surface area (Å²) in [5.41, 5.74) is 0.289. The Bertz CT molecular complexity index is 465. The molecule has 144 valence electrons.